The standard InChI is InChI=1S/C21H19N3O8/c1-11(25)17(18(26)22-15-6-4-12(5-7-15)19(27)28)24-23-16-9-13(20(29)31-2)8-14(10-16)21(30)32-3/h4-10,17H,1-3H3,(H,22,26)(H,27,28). The van der Waals surface area contributed by atoms with E-state index in [1.54, 1.807) is 0 Å². The van der Waals surface area contributed by atoms with Gasteiger partial charge in [-0.3, -0.25) is 9.59 Å². The summed E-state index contributed by atoms with van der Waals surface area (Å²) in [6.07, 6.45) is 0. The molecule has 0 bridgehead atoms. The number of ketones is 1. The Balaban J connectivity index is 2.29. The maximum absolute atomic E-state index is 12.5. The number of carbonyl (C=O) groups is 5. The Kier molecular flexibility index (Phi) is 7.88. The molecule has 2 aromatic rings. The molecular weight excluding hydrogens is 422 g/mol. The van der Waals surface area contributed by atoms with Crippen LogP contribution in [-0.2, 0) is 19.1 Å². The molecule has 11 nitrogen and oxygen atoms in total. The molecule has 0 aromatic heterocycles. The highest BCUT2D eigenvalue weighted by Gasteiger charge is 2.23. The largest absolute Gasteiger partial charge is 0.478 e. The molecule has 2 aromatic carbocycles. The van der Waals surface area contributed by atoms with Crippen LogP contribution < -0.4 is 5.32 Å². The lowest BCUT2D eigenvalue weighted by Crippen LogP contribution is -2.31. The number of benzene rings is 2. The smallest absolute Gasteiger partial charge is 0.337 e. The van der Waals surface area contributed by atoms with Crippen molar-refractivity contribution in [1.82, 2.24) is 0 Å². The first-order valence-corrected chi connectivity index (χ1v) is 9.03. The lowest BCUT2D eigenvalue weighted by Gasteiger charge is -2.10. The van der Waals surface area contributed by atoms with Gasteiger partial charge in [-0.15, -0.1) is 0 Å². The summed E-state index contributed by atoms with van der Waals surface area (Å²) in [5, 5.41) is 19.0. The topological polar surface area (TPSA) is 161 Å². The Labute approximate surface area is 182 Å². The average molecular weight is 441 g/mol. The molecule has 1 unspecified atom stereocenters. The predicted molar refractivity (Wildman–Crippen MR) is 110 cm³/mol. The van der Waals surface area contributed by atoms with Gasteiger partial charge in [-0.05, 0) is 49.4 Å². The number of esters is 2. The molecule has 0 radical (unpaired) electrons. The number of aromatic carboxylic acids is 1. The fourth-order valence-electron chi connectivity index (χ4n) is 2.49. The van der Waals surface area contributed by atoms with Crippen molar-refractivity contribution in [1.29, 1.82) is 0 Å². The van der Waals surface area contributed by atoms with Crippen LogP contribution in [0.2, 0.25) is 0 Å². The molecule has 0 saturated heterocycles. The van der Waals surface area contributed by atoms with Crippen molar-refractivity contribution in [3.05, 3.63) is 59.2 Å². The predicted octanol–water partition coefficient (Wildman–Crippen LogP) is 2.64. The number of nitrogens with zero attached hydrogens (tertiary/aromatic N) is 2. The van der Waals surface area contributed by atoms with E-state index in [1.165, 1.54) is 42.5 Å². The lowest BCUT2D eigenvalue weighted by atomic mass is 10.1. The molecule has 1 atom stereocenters. The van der Waals surface area contributed by atoms with E-state index in [2.05, 4.69) is 25.0 Å². The van der Waals surface area contributed by atoms with Crippen molar-refractivity contribution >= 4 is 41.0 Å². The zero-order valence-electron chi connectivity index (χ0n) is 17.3. The zero-order valence-corrected chi connectivity index (χ0v) is 17.3. The van der Waals surface area contributed by atoms with Crippen molar-refractivity contribution in [3.63, 3.8) is 0 Å². The summed E-state index contributed by atoms with van der Waals surface area (Å²) in [7, 11) is 2.32. The van der Waals surface area contributed by atoms with E-state index >= 15 is 0 Å². The number of hydrogen-bond acceptors (Lipinski definition) is 9. The van der Waals surface area contributed by atoms with Gasteiger partial charge in [0.1, 0.15) is 0 Å². The summed E-state index contributed by atoms with van der Waals surface area (Å²) >= 11 is 0. The average Bonchev–Trinajstić information content (AvgIpc) is 2.77. The number of azo groups is 1. The van der Waals surface area contributed by atoms with Crippen molar-refractivity contribution in [2.24, 2.45) is 10.2 Å². The Morgan fingerprint density at radius 2 is 1.41 bits per heavy atom. The van der Waals surface area contributed by atoms with Gasteiger partial charge in [-0.1, -0.05) is 0 Å². The van der Waals surface area contributed by atoms with E-state index in [1.807, 2.05) is 0 Å². The van der Waals surface area contributed by atoms with Crippen molar-refractivity contribution < 1.29 is 38.6 Å². The molecule has 0 aliphatic rings. The number of carboxylic acid groups (broad SMARTS) is 1. The van der Waals surface area contributed by atoms with Gasteiger partial charge in [-0.2, -0.15) is 10.2 Å². The number of amides is 1. The van der Waals surface area contributed by atoms with E-state index in [-0.39, 0.29) is 28.1 Å². The molecule has 0 fully saturated rings. The van der Waals surface area contributed by atoms with Gasteiger partial charge in [0.25, 0.3) is 5.91 Å². The normalized spacial score (nSPS) is 11.5. The van der Waals surface area contributed by atoms with E-state index in [0.29, 0.717) is 0 Å². The van der Waals surface area contributed by atoms with Gasteiger partial charge in [0.15, 0.2) is 5.78 Å². The highest BCUT2D eigenvalue weighted by Crippen LogP contribution is 2.21. The van der Waals surface area contributed by atoms with E-state index in [9.17, 15) is 24.0 Å². The fraction of sp³-hybridized carbons (Fsp3) is 0.190. The van der Waals surface area contributed by atoms with Crippen LogP contribution in [0.3, 0.4) is 0 Å². The summed E-state index contributed by atoms with van der Waals surface area (Å²) < 4.78 is 9.27. The molecule has 0 aliphatic heterocycles. The van der Waals surface area contributed by atoms with Crippen molar-refractivity contribution in [2.75, 3.05) is 19.5 Å². The van der Waals surface area contributed by atoms with Crippen LogP contribution >= 0.6 is 0 Å². The van der Waals surface area contributed by atoms with E-state index in [4.69, 9.17) is 5.11 Å². The molecule has 32 heavy (non-hydrogen) atoms. The molecule has 2 N–H and O–H groups in total. The van der Waals surface area contributed by atoms with Gasteiger partial charge in [0.05, 0.1) is 36.6 Å². The first-order valence-electron chi connectivity index (χ1n) is 9.03. The molecular formula is C21H19N3O8. The highest BCUT2D eigenvalue weighted by atomic mass is 16.5. The van der Waals surface area contributed by atoms with E-state index in [0.717, 1.165) is 21.1 Å². The minimum absolute atomic E-state index is 0.00769. The molecule has 11 heteroatoms. The molecule has 0 aliphatic carbocycles. The summed E-state index contributed by atoms with van der Waals surface area (Å²) in [5.74, 6) is -4.03. The highest BCUT2D eigenvalue weighted by molar-refractivity contribution is 6.10. The van der Waals surface area contributed by atoms with Crippen molar-refractivity contribution in [3.8, 4) is 0 Å². The monoisotopic (exact) mass is 441 g/mol. The van der Waals surface area contributed by atoms with E-state index < -0.39 is 35.6 Å². The quantitative estimate of drug-likeness (QED) is 0.359. The Morgan fingerprint density at radius 1 is 0.875 bits per heavy atom. The van der Waals surface area contributed by atoms with Crippen LogP contribution in [0.1, 0.15) is 38.0 Å². The van der Waals surface area contributed by atoms with Crippen molar-refractivity contribution in [2.45, 2.75) is 13.0 Å². The first kappa shape index (κ1) is 23.9. The maximum atomic E-state index is 12.5. The maximum Gasteiger partial charge on any atom is 0.337 e. The van der Waals surface area contributed by atoms with Gasteiger partial charge in [0, 0.05) is 5.69 Å². The number of carbonyl (C=O) groups excluding carboxylic acids is 4. The summed E-state index contributed by atoms with van der Waals surface area (Å²) in [6.45, 7) is 1.14. The number of Topliss-reactive ketones (excluding diaryl/α,β-unsaturated/α-hetero) is 1. The number of nitrogens with one attached hydrogen (secondary N) is 1. The molecule has 0 spiro atoms. The molecule has 0 saturated carbocycles. The summed E-state index contributed by atoms with van der Waals surface area (Å²) in [6, 6.07) is 7.54. The second-order valence-electron chi connectivity index (χ2n) is 6.35. The van der Waals surface area contributed by atoms with Crippen LogP contribution in [0.15, 0.2) is 52.7 Å². The SMILES string of the molecule is COC(=O)c1cc(N=NC(C(C)=O)C(=O)Nc2ccc(C(=O)O)cc2)cc(C(=O)OC)c1. The minimum atomic E-state index is -1.53. The van der Waals surface area contributed by atoms with Gasteiger partial charge < -0.3 is 19.9 Å². The van der Waals surface area contributed by atoms with Gasteiger partial charge in [0.2, 0.25) is 6.04 Å². The number of rotatable bonds is 8. The number of methoxy groups -OCH3 is 2. The number of hydrogen-bond donors (Lipinski definition) is 2. The van der Waals surface area contributed by atoms with Gasteiger partial charge >= 0.3 is 17.9 Å². The number of anilines is 1. The Morgan fingerprint density at radius 3 is 1.84 bits per heavy atom. The Hall–Kier alpha value is -4.41. The van der Waals surface area contributed by atoms with Crippen LogP contribution in [-0.4, -0.2) is 55.0 Å². The molecule has 1 amide bonds. The lowest BCUT2D eigenvalue weighted by molar-refractivity contribution is -0.126. The third-order valence-corrected chi connectivity index (χ3v) is 4.08. The summed E-state index contributed by atoms with van der Waals surface area (Å²) in [4.78, 5) is 59.0. The van der Waals surface area contributed by atoms with Gasteiger partial charge in [-0.25, -0.2) is 14.4 Å². The second kappa shape index (κ2) is 10.6. The fourth-order valence-corrected chi connectivity index (χ4v) is 2.49. The van der Waals surface area contributed by atoms with Crippen LogP contribution in [0.4, 0.5) is 11.4 Å². The minimum Gasteiger partial charge on any atom is -0.478 e. The molecule has 166 valence electrons. The Bertz CT molecular complexity index is 1060. The zero-order chi connectivity index (χ0) is 23.8. The molecule has 0 heterocycles. The first-order chi connectivity index (χ1) is 15.2. The third kappa shape index (κ3) is 6.05. The number of ether oxygens (including phenoxy) is 2. The van der Waals surface area contributed by atoms with Crippen LogP contribution in [0.5, 0.6) is 0 Å². The second-order valence-corrected chi connectivity index (χ2v) is 6.35. The third-order valence-electron chi connectivity index (χ3n) is 4.08. The number of carboxylic acids is 1. The van der Waals surface area contributed by atoms with Crippen LogP contribution in [0.25, 0.3) is 0 Å². The molecule has 2 rings (SSSR count). The van der Waals surface area contributed by atoms with Crippen LogP contribution in [0, 0.1) is 0 Å². The summed E-state index contributed by atoms with van der Waals surface area (Å²) in [5.41, 5.74) is 0.274.